The predicted molar refractivity (Wildman–Crippen MR) is 74.1 cm³/mol. The van der Waals surface area contributed by atoms with Crippen molar-refractivity contribution in [2.45, 2.75) is 59.9 Å². The molecule has 0 N–H and O–H groups in total. The number of carbonyl (C=O) groups excluding carboxylic acids is 1. The first-order valence-electron chi connectivity index (χ1n) is 7.15. The molecule has 0 spiro atoms. The Morgan fingerprint density at radius 1 is 1.26 bits per heavy atom. The third-order valence-corrected chi connectivity index (χ3v) is 3.37. The van der Waals surface area contributed by atoms with E-state index in [2.05, 4.69) is 24.2 Å². The Balaban J connectivity index is 3.03. The first kappa shape index (κ1) is 15.7. The number of hydrogen-bond donors (Lipinski definition) is 0. The molecule has 1 rings (SSSR count). The minimum Gasteiger partial charge on any atom is -0.461 e. The topological polar surface area (TPSA) is 57.0 Å². The fourth-order valence-electron chi connectivity index (χ4n) is 2.16. The summed E-state index contributed by atoms with van der Waals surface area (Å²) in [5, 5.41) is 8.16. The molecule has 0 amide bonds. The second-order valence-electron chi connectivity index (χ2n) is 5.06. The van der Waals surface area contributed by atoms with Crippen LogP contribution in [0.25, 0.3) is 0 Å². The number of carbonyl (C=O) groups is 1. The monoisotopic (exact) mass is 267 g/mol. The summed E-state index contributed by atoms with van der Waals surface area (Å²) in [7, 11) is 0. The molecule has 0 aromatic carbocycles. The van der Waals surface area contributed by atoms with E-state index in [1.807, 2.05) is 18.5 Å². The summed E-state index contributed by atoms with van der Waals surface area (Å²) < 4.78 is 6.90. The molecule has 0 aliphatic heterocycles. The largest absolute Gasteiger partial charge is 0.461 e. The number of rotatable bonds is 7. The number of aromatic nitrogens is 3. The average molecular weight is 267 g/mol. The van der Waals surface area contributed by atoms with Crippen LogP contribution in [0.15, 0.2) is 0 Å². The zero-order valence-corrected chi connectivity index (χ0v) is 12.6. The lowest BCUT2D eigenvalue weighted by Crippen LogP contribution is -2.16. The Morgan fingerprint density at radius 2 is 1.89 bits per heavy atom. The third-order valence-electron chi connectivity index (χ3n) is 3.37. The van der Waals surface area contributed by atoms with Crippen LogP contribution in [0.2, 0.25) is 0 Å². The number of ether oxygens (including phenoxy) is 1. The first-order valence-corrected chi connectivity index (χ1v) is 7.15. The van der Waals surface area contributed by atoms with E-state index in [0.29, 0.717) is 18.2 Å². The van der Waals surface area contributed by atoms with Crippen molar-refractivity contribution in [3.63, 3.8) is 0 Å². The van der Waals surface area contributed by atoms with E-state index in [1.165, 1.54) is 0 Å². The fourth-order valence-corrected chi connectivity index (χ4v) is 2.16. The summed E-state index contributed by atoms with van der Waals surface area (Å²) in [4.78, 5) is 11.9. The van der Waals surface area contributed by atoms with E-state index in [4.69, 9.17) is 4.74 Å². The summed E-state index contributed by atoms with van der Waals surface area (Å²) in [6, 6.07) is 0. The van der Waals surface area contributed by atoms with E-state index >= 15 is 0 Å². The molecule has 0 unspecified atom stereocenters. The second-order valence-corrected chi connectivity index (χ2v) is 5.06. The summed E-state index contributed by atoms with van der Waals surface area (Å²) >= 11 is 0. The number of nitrogens with zero attached hydrogens (tertiary/aromatic N) is 3. The Labute approximate surface area is 115 Å². The quantitative estimate of drug-likeness (QED) is 0.713. The van der Waals surface area contributed by atoms with Crippen LogP contribution >= 0.6 is 0 Å². The lowest BCUT2D eigenvalue weighted by molar-refractivity contribution is 0.0517. The van der Waals surface area contributed by atoms with Gasteiger partial charge in [-0.05, 0) is 18.8 Å². The summed E-state index contributed by atoms with van der Waals surface area (Å²) in [5.41, 5.74) is 1.24. The Morgan fingerprint density at radius 3 is 2.37 bits per heavy atom. The van der Waals surface area contributed by atoms with Crippen molar-refractivity contribution < 1.29 is 9.53 Å². The fraction of sp³-hybridized carbons (Fsp3) is 0.786. The van der Waals surface area contributed by atoms with Crippen LogP contribution in [0, 0.1) is 5.92 Å². The van der Waals surface area contributed by atoms with Crippen LogP contribution < -0.4 is 0 Å². The van der Waals surface area contributed by atoms with Gasteiger partial charge in [0.25, 0.3) is 0 Å². The smallest absolute Gasteiger partial charge is 0.360 e. The van der Waals surface area contributed by atoms with Crippen molar-refractivity contribution in [2.24, 2.45) is 5.92 Å². The molecule has 19 heavy (non-hydrogen) atoms. The minimum atomic E-state index is -0.373. The lowest BCUT2D eigenvalue weighted by Gasteiger charge is -2.15. The molecule has 5 nitrogen and oxygen atoms in total. The molecule has 1 heterocycles. The minimum absolute atomic E-state index is 0.198. The molecular formula is C14H25N3O2. The van der Waals surface area contributed by atoms with Crippen LogP contribution in [-0.2, 0) is 11.3 Å². The van der Waals surface area contributed by atoms with Crippen LogP contribution in [0.4, 0.5) is 0 Å². The maximum Gasteiger partial charge on any atom is 0.360 e. The van der Waals surface area contributed by atoms with Gasteiger partial charge in [0.1, 0.15) is 0 Å². The van der Waals surface area contributed by atoms with Gasteiger partial charge in [-0.15, -0.1) is 5.10 Å². The van der Waals surface area contributed by atoms with Crippen molar-refractivity contribution in [1.82, 2.24) is 15.0 Å². The maximum atomic E-state index is 11.9. The van der Waals surface area contributed by atoms with Gasteiger partial charge in [0.15, 0.2) is 5.69 Å². The van der Waals surface area contributed by atoms with E-state index in [0.717, 1.165) is 25.1 Å². The molecule has 108 valence electrons. The van der Waals surface area contributed by atoms with Gasteiger partial charge in [0.2, 0.25) is 0 Å². The highest BCUT2D eigenvalue weighted by molar-refractivity contribution is 5.88. The highest BCUT2D eigenvalue weighted by Crippen LogP contribution is 2.21. The molecular weight excluding hydrogens is 242 g/mol. The first-order chi connectivity index (χ1) is 9.04. The van der Waals surface area contributed by atoms with E-state index in [9.17, 15) is 4.79 Å². The second kappa shape index (κ2) is 7.26. The molecule has 0 atom stereocenters. The van der Waals surface area contributed by atoms with Crippen LogP contribution in [0.5, 0.6) is 0 Å². The van der Waals surface area contributed by atoms with E-state index in [1.54, 1.807) is 6.92 Å². The maximum absolute atomic E-state index is 11.9. The van der Waals surface area contributed by atoms with Crippen molar-refractivity contribution in [3.8, 4) is 0 Å². The van der Waals surface area contributed by atoms with Crippen molar-refractivity contribution in [2.75, 3.05) is 6.61 Å². The van der Waals surface area contributed by atoms with Gasteiger partial charge in [-0.2, -0.15) is 0 Å². The molecule has 0 bridgehead atoms. The highest BCUT2D eigenvalue weighted by atomic mass is 16.5. The Hall–Kier alpha value is -1.39. The molecule has 0 radical (unpaired) electrons. The SMILES string of the molecule is CCOC(=O)c1nnn(CC(CC)CC)c1C(C)C. The molecule has 1 aromatic heterocycles. The van der Waals surface area contributed by atoms with E-state index < -0.39 is 0 Å². The zero-order chi connectivity index (χ0) is 14.4. The Bertz CT molecular complexity index is 409. The third kappa shape index (κ3) is 3.78. The van der Waals surface area contributed by atoms with Gasteiger partial charge in [0, 0.05) is 6.54 Å². The summed E-state index contributed by atoms with van der Waals surface area (Å²) in [5.74, 6) is 0.389. The van der Waals surface area contributed by atoms with Crippen molar-refractivity contribution in [3.05, 3.63) is 11.4 Å². The van der Waals surface area contributed by atoms with Crippen molar-refractivity contribution >= 4 is 5.97 Å². The van der Waals surface area contributed by atoms with Gasteiger partial charge in [-0.1, -0.05) is 45.7 Å². The summed E-state index contributed by atoms with van der Waals surface area (Å²) in [6.45, 7) is 11.4. The van der Waals surface area contributed by atoms with Gasteiger partial charge in [-0.25, -0.2) is 9.48 Å². The standard InChI is InChI=1S/C14H25N3O2/c1-6-11(7-2)9-17-13(10(4)5)12(15-16-17)14(18)19-8-3/h10-11H,6-9H2,1-5H3. The van der Waals surface area contributed by atoms with E-state index in [-0.39, 0.29) is 11.9 Å². The normalized spacial score (nSPS) is 11.3. The zero-order valence-electron chi connectivity index (χ0n) is 12.6. The molecule has 5 heteroatoms. The van der Waals surface area contributed by atoms with Crippen LogP contribution in [-0.4, -0.2) is 27.6 Å². The lowest BCUT2D eigenvalue weighted by atomic mass is 10.0. The molecule has 0 saturated carbocycles. The van der Waals surface area contributed by atoms with Gasteiger partial charge >= 0.3 is 5.97 Å². The number of esters is 1. The number of hydrogen-bond acceptors (Lipinski definition) is 4. The average Bonchev–Trinajstić information content (AvgIpc) is 2.79. The van der Waals surface area contributed by atoms with Gasteiger partial charge < -0.3 is 4.74 Å². The molecule has 0 saturated heterocycles. The van der Waals surface area contributed by atoms with Gasteiger partial charge in [-0.3, -0.25) is 0 Å². The molecule has 0 fully saturated rings. The predicted octanol–water partition coefficient (Wildman–Crippen LogP) is 3.01. The summed E-state index contributed by atoms with van der Waals surface area (Å²) in [6.07, 6.45) is 2.20. The van der Waals surface area contributed by atoms with Crippen LogP contribution in [0.3, 0.4) is 0 Å². The van der Waals surface area contributed by atoms with Gasteiger partial charge in [0.05, 0.1) is 12.3 Å². The Kier molecular flexibility index (Phi) is 5.99. The molecule has 0 aliphatic carbocycles. The molecule has 1 aromatic rings. The highest BCUT2D eigenvalue weighted by Gasteiger charge is 2.23. The molecule has 0 aliphatic rings. The van der Waals surface area contributed by atoms with Crippen LogP contribution in [0.1, 0.15) is 69.6 Å². The van der Waals surface area contributed by atoms with Crippen molar-refractivity contribution in [1.29, 1.82) is 0 Å².